The summed E-state index contributed by atoms with van der Waals surface area (Å²) in [6.07, 6.45) is 8.56. The number of allylic oxidation sites excluding steroid dienone is 2. The molecular formula is C24H25IN2O3. The summed E-state index contributed by atoms with van der Waals surface area (Å²) in [6, 6.07) is 7.75. The van der Waals surface area contributed by atoms with Crippen LogP contribution in [0.25, 0.3) is 0 Å². The first-order chi connectivity index (χ1) is 14.5. The lowest BCUT2D eigenvalue weighted by molar-refractivity contribution is -0.144. The van der Waals surface area contributed by atoms with Crippen molar-refractivity contribution in [2.45, 2.75) is 38.1 Å². The van der Waals surface area contributed by atoms with Crippen molar-refractivity contribution in [3.63, 3.8) is 0 Å². The van der Waals surface area contributed by atoms with Crippen molar-refractivity contribution in [1.82, 2.24) is 4.90 Å². The van der Waals surface area contributed by atoms with Crippen LogP contribution in [-0.2, 0) is 14.4 Å². The third kappa shape index (κ3) is 2.82. The van der Waals surface area contributed by atoms with Gasteiger partial charge in [0.2, 0.25) is 17.7 Å². The van der Waals surface area contributed by atoms with Crippen LogP contribution in [0.3, 0.4) is 0 Å². The van der Waals surface area contributed by atoms with E-state index in [4.69, 9.17) is 0 Å². The molecule has 30 heavy (non-hydrogen) atoms. The normalized spacial score (nSPS) is 40.9. The fourth-order valence-corrected chi connectivity index (χ4v) is 7.07. The molecule has 1 saturated heterocycles. The van der Waals surface area contributed by atoms with Crippen molar-refractivity contribution in [2.24, 2.45) is 41.4 Å². The molecule has 1 aliphatic heterocycles. The fourth-order valence-electron chi connectivity index (χ4n) is 6.71. The summed E-state index contributed by atoms with van der Waals surface area (Å²) in [4.78, 5) is 40.9. The first kappa shape index (κ1) is 19.0. The molecule has 7 rings (SSSR count). The largest absolute Gasteiger partial charge is 0.326 e. The summed E-state index contributed by atoms with van der Waals surface area (Å²) in [5.41, 5.74) is 0.818. The number of imide groups is 1. The number of anilines is 1. The van der Waals surface area contributed by atoms with E-state index in [9.17, 15) is 14.4 Å². The van der Waals surface area contributed by atoms with Crippen LogP contribution in [0.5, 0.6) is 0 Å². The number of benzene rings is 1. The Labute approximate surface area is 189 Å². The third-order valence-corrected chi connectivity index (χ3v) is 8.96. The molecule has 156 valence electrons. The quantitative estimate of drug-likeness (QED) is 0.377. The van der Waals surface area contributed by atoms with E-state index in [1.807, 2.05) is 24.3 Å². The zero-order valence-corrected chi connectivity index (χ0v) is 18.8. The molecule has 0 radical (unpaired) electrons. The minimum atomic E-state index is -0.113. The molecule has 5 aliphatic carbocycles. The van der Waals surface area contributed by atoms with Crippen LogP contribution in [0.15, 0.2) is 36.4 Å². The number of hydrogen-bond acceptors (Lipinski definition) is 3. The maximum absolute atomic E-state index is 13.3. The molecule has 3 amide bonds. The molecule has 1 aromatic carbocycles. The Kier molecular flexibility index (Phi) is 4.38. The second kappa shape index (κ2) is 6.90. The Morgan fingerprint density at radius 1 is 0.900 bits per heavy atom. The summed E-state index contributed by atoms with van der Waals surface area (Å²) in [7, 11) is 0. The van der Waals surface area contributed by atoms with Crippen molar-refractivity contribution in [1.29, 1.82) is 0 Å². The lowest BCUT2D eigenvalue weighted by Crippen LogP contribution is -2.44. The van der Waals surface area contributed by atoms with Gasteiger partial charge in [-0.15, -0.1) is 0 Å². The van der Waals surface area contributed by atoms with Gasteiger partial charge in [0.25, 0.3) is 0 Å². The van der Waals surface area contributed by atoms with Crippen LogP contribution in [-0.4, -0.2) is 28.7 Å². The van der Waals surface area contributed by atoms with Crippen molar-refractivity contribution in [3.8, 4) is 0 Å². The van der Waals surface area contributed by atoms with E-state index in [1.54, 1.807) is 4.90 Å². The second-order valence-electron chi connectivity index (χ2n) is 9.70. The van der Waals surface area contributed by atoms with E-state index in [0.717, 1.165) is 34.9 Å². The number of hydrogen-bond donors (Lipinski definition) is 1. The molecule has 1 N–H and O–H groups in total. The number of halogens is 1. The van der Waals surface area contributed by atoms with Gasteiger partial charge in [-0.2, -0.15) is 0 Å². The van der Waals surface area contributed by atoms with Crippen LogP contribution in [0.4, 0.5) is 5.69 Å². The molecule has 0 aromatic heterocycles. The minimum Gasteiger partial charge on any atom is -0.326 e. The fraction of sp³-hybridized carbons (Fsp3) is 0.542. The molecule has 1 aromatic rings. The molecule has 6 heteroatoms. The number of rotatable bonds is 3. The van der Waals surface area contributed by atoms with E-state index in [1.165, 1.54) is 6.42 Å². The van der Waals surface area contributed by atoms with Gasteiger partial charge >= 0.3 is 0 Å². The van der Waals surface area contributed by atoms with Gasteiger partial charge in [-0.25, -0.2) is 0 Å². The van der Waals surface area contributed by atoms with Gasteiger partial charge < -0.3 is 5.32 Å². The number of carbonyl (C=O) groups excluding carboxylic acids is 3. The Balaban J connectivity index is 1.11. The highest BCUT2D eigenvalue weighted by atomic mass is 127. The lowest BCUT2D eigenvalue weighted by atomic mass is 9.63. The highest BCUT2D eigenvalue weighted by Crippen LogP contribution is 2.65. The van der Waals surface area contributed by atoms with Gasteiger partial charge in [0.05, 0.1) is 11.8 Å². The number of amides is 3. The topological polar surface area (TPSA) is 66.5 Å². The lowest BCUT2D eigenvalue weighted by Gasteiger charge is -2.37. The predicted molar refractivity (Wildman–Crippen MR) is 120 cm³/mol. The van der Waals surface area contributed by atoms with Gasteiger partial charge in [-0.3, -0.25) is 19.3 Å². The van der Waals surface area contributed by atoms with Crippen molar-refractivity contribution < 1.29 is 14.4 Å². The van der Waals surface area contributed by atoms with Gasteiger partial charge in [0.1, 0.15) is 0 Å². The van der Waals surface area contributed by atoms with Gasteiger partial charge in [-0.05, 0) is 103 Å². The summed E-state index contributed by atoms with van der Waals surface area (Å²) < 4.78 is 1.13. The van der Waals surface area contributed by atoms with E-state index in [2.05, 4.69) is 40.1 Å². The monoisotopic (exact) mass is 516 g/mol. The smallest absolute Gasteiger partial charge is 0.233 e. The average molecular weight is 516 g/mol. The minimum absolute atomic E-state index is 0.0336. The Morgan fingerprint density at radius 2 is 1.47 bits per heavy atom. The van der Waals surface area contributed by atoms with E-state index >= 15 is 0 Å². The van der Waals surface area contributed by atoms with Gasteiger partial charge in [0.15, 0.2) is 0 Å². The summed E-state index contributed by atoms with van der Waals surface area (Å²) in [6.45, 7) is 0. The number of nitrogens with zero attached hydrogens (tertiary/aromatic N) is 1. The van der Waals surface area contributed by atoms with Crippen molar-refractivity contribution in [2.75, 3.05) is 5.32 Å². The second-order valence-corrected chi connectivity index (χ2v) is 10.9. The first-order valence-corrected chi connectivity index (χ1v) is 12.2. The summed E-state index contributed by atoms with van der Waals surface area (Å²) in [5, 5.41) is 3.01. The van der Waals surface area contributed by atoms with E-state index in [0.29, 0.717) is 11.8 Å². The van der Waals surface area contributed by atoms with E-state index in [-0.39, 0.29) is 53.4 Å². The molecule has 1 heterocycles. The zero-order chi connectivity index (χ0) is 20.6. The molecule has 4 fully saturated rings. The summed E-state index contributed by atoms with van der Waals surface area (Å²) in [5.74, 6) is 1.74. The van der Waals surface area contributed by atoms with Gasteiger partial charge in [-0.1, -0.05) is 12.2 Å². The molecule has 3 saturated carbocycles. The summed E-state index contributed by atoms with van der Waals surface area (Å²) >= 11 is 2.24. The maximum Gasteiger partial charge on any atom is 0.233 e. The highest BCUT2D eigenvalue weighted by Gasteiger charge is 2.67. The average Bonchev–Trinajstić information content (AvgIpc) is 3.53. The SMILES string of the molecule is O=C(Nc1ccc(I)cc1)C1CCC(N2C(=O)[C@H]3[C@@H]4C=C[C@H]([C@@H]5C[C@H]45)[C@@H]3C2=O)CC1. The molecule has 0 spiro atoms. The molecular weight excluding hydrogens is 491 g/mol. The van der Waals surface area contributed by atoms with Crippen LogP contribution >= 0.6 is 22.6 Å². The van der Waals surface area contributed by atoms with Crippen LogP contribution in [0, 0.1) is 45.0 Å². The zero-order valence-electron chi connectivity index (χ0n) is 16.7. The standard InChI is InChI=1S/C24H25IN2O3/c25-13-3-5-14(6-4-13)26-22(28)12-1-7-15(8-2-12)27-23(29)20-16-9-10-17(19-11-18(16)19)21(20)24(27)30/h3-6,9-10,12,15-21H,1-2,7-8,11H2,(H,26,28)/t12?,15?,16-,17-,18-,19+,20+,21+/m1/s1. The van der Waals surface area contributed by atoms with Crippen LogP contribution < -0.4 is 5.32 Å². The number of nitrogens with one attached hydrogen (secondary N) is 1. The molecule has 0 unspecified atom stereocenters. The van der Waals surface area contributed by atoms with Crippen LogP contribution in [0.2, 0.25) is 0 Å². The third-order valence-electron chi connectivity index (χ3n) is 8.24. The first-order valence-electron chi connectivity index (χ1n) is 11.1. The Bertz CT molecular complexity index is 914. The number of carbonyl (C=O) groups is 3. The van der Waals surface area contributed by atoms with Crippen molar-refractivity contribution in [3.05, 3.63) is 40.0 Å². The Morgan fingerprint density at radius 3 is 2.03 bits per heavy atom. The maximum atomic E-state index is 13.3. The molecule has 5 nitrogen and oxygen atoms in total. The molecule has 6 aliphatic rings. The van der Waals surface area contributed by atoms with Crippen molar-refractivity contribution >= 4 is 46.0 Å². The molecule has 6 atom stereocenters. The number of likely N-dealkylation sites (tertiary alicyclic amines) is 1. The van der Waals surface area contributed by atoms with E-state index < -0.39 is 0 Å². The Hall–Kier alpha value is -1.70. The predicted octanol–water partition coefficient (Wildman–Crippen LogP) is 3.84. The van der Waals surface area contributed by atoms with Gasteiger partial charge in [0, 0.05) is 21.2 Å². The molecule has 2 bridgehead atoms. The van der Waals surface area contributed by atoms with Crippen LogP contribution in [0.1, 0.15) is 32.1 Å². The highest BCUT2D eigenvalue weighted by molar-refractivity contribution is 14.1.